The number of fused-ring (bicyclic) bond motifs is 1. The van der Waals surface area contributed by atoms with E-state index in [1.54, 1.807) is 0 Å². The van der Waals surface area contributed by atoms with Gasteiger partial charge in [-0.2, -0.15) is 0 Å². The van der Waals surface area contributed by atoms with Crippen LogP contribution in [-0.4, -0.2) is 66.8 Å². The van der Waals surface area contributed by atoms with Crippen LogP contribution >= 0.6 is 0 Å². The summed E-state index contributed by atoms with van der Waals surface area (Å²) in [6.45, 7) is 4.33. The second-order valence-corrected chi connectivity index (χ2v) is 6.07. The maximum absolute atomic E-state index is 12.3. The molecule has 3 fully saturated rings. The average Bonchev–Trinajstić information content (AvgIpc) is 2.85. The first kappa shape index (κ1) is 13.2. The predicted molar refractivity (Wildman–Crippen MR) is 76.7 cm³/mol. The summed E-state index contributed by atoms with van der Waals surface area (Å²) in [7, 11) is 0. The third-order valence-electron chi connectivity index (χ3n) is 4.74. The molecule has 1 aromatic rings. The zero-order valence-corrected chi connectivity index (χ0v) is 12.0. The van der Waals surface area contributed by atoms with E-state index in [2.05, 4.69) is 17.0 Å². The third-order valence-corrected chi connectivity index (χ3v) is 4.74. The van der Waals surface area contributed by atoms with Crippen LogP contribution in [0.15, 0.2) is 30.3 Å². The maximum atomic E-state index is 12.3. The molecule has 0 spiro atoms. The van der Waals surface area contributed by atoms with E-state index < -0.39 is 0 Å². The van der Waals surface area contributed by atoms with E-state index in [1.165, 1.54) is 5.56 Å². The number of nitrogens with zero attached hydrogens (tertiary/aromatic N) is 2. The first-order chi connectivity index (χ1) is 10.3. The number of carbonyl (C=O) groups excluding carboxylic acids is 1. The summed E-state index contributed by atoms with van der Waals surface area (Å²) >= 11 is 0. The summed E-state index contributed by atoms with van der Waals surface area (Å²) in [5.41, 5.74) is 1.18. The van der Waals surface area contributed by atoms with Crippen LogP contribution in [0.25, 0.3) is 0 Å². The smallest absolute Gasteiger partial charge is 0.249 e. The van der Waals surface area contributed by atoms with E-state index in [4.69, 9.17) is 9.47 Å². The van der Waals surface area contributed by atoms with Crippen LogP contribution in [0.2, 0.25) is 0 Å². The molecule has 5 nitrogen and oxygen atoms in total. The number of carbonyl (C=O) groups is 1. The molecular formula is C16H20N2O3. The molecule has 0 unspecified atom stereocenters. The highest BCUT2D eigenvalue weighted by Crippen LogP contribution is 2.28. The van der Waals surface area contributed by atoms with Gasteiger partial charge in [0.05, 0.1) is 31.4 Å². The maximum Gasteiger partial charge on any atom is 0.249 e. The molecule has 1 amide bonds. The van der Waals surface area contributed by atoms with Crippen molar-refractivity contribution >= 4 is 5.91 Å². The first-order valence-electron chi connectivity index (χ1n) is 7.58. The lowest BCUT2D eigenvalue weighted by Crippen LogP contribution is -2.53. The third kappa shape index (κ3) is 2.46. The lowest BCUT2D eigenvalue weighted by atomic mass is 10.1. The minimum absolute atomic E-state index is 0.104. The van der Waals surface area contributed by atoms with Crippen LogP contribution in [0.4, 0.5) is 0 Å². The lowest BCUT2D eigenvalue weighted by Gasteiger charge is -2.37. The molecule has 0 aliphatic carbocycles. The van der Waals surface area contributed by atoms with E-state index in [-0.39, 0.29) is 24.7 Å². The second-order valence-electron chi connectivity index (χ2n) is 6.07. The van der Waals surface area contributed by atoms with Gasteiger partial charge in [0.15, 0.2) is 0 Å². The van der Waals surface area contributed by atoms with Crippen LogP contribution in [0.1, 0.15) is 5.56 Å². The van der Waals surface area contributed by atoms with Gasteiger partial charge < -0.3 is 14.4 Å². The highest BCUT2D eigenvalue weighted by Gasteiger charge is 2.45. The molecule has 21 heavy (non-hydrogen) atoms. The highest BCUT2D eigenvalue weighted by atomic mass is 16.5. The molecule has 0 N–H and O–H groups in total. The summed E-state index contributed by atoms with van der Waals surface area (Å²) in [6.07, 6.45) is 0.145. The quantitative estimate of drug-likeness (QED) is 0.812. The van der Waals surface area contributed by atoms with E-state index in [9.17, 15) is 4.79 Å². The monoisotopic (exact) mass is 288 g/mol. The van der Waals surface area contributed by atoms with Crippen molar-refractivity contribution in [3.8, 4) is 0 Å². The van der Waals surface area contributed by atoms with Gasteiger partial charge in [0, 0.05) is 19.6 Å². The fourth-order valence-corrected chi connectivity index (χ4v) is 3.41. The van der Waals surface area contributed by atoms with Crippen molar-refractivity contribution in [2.45, 2.75) is 24.7 Å². The van der Waals surface area contributed by atoms with Crippen LogP contribution in [0, 0.1) is 0 Å². The SMILES string of the molecule is O=C1CO[C@H]2CN(C3COC3)C[C@@H]2N1Cc1ccccc1. The molecule has 3 saturated heterocycles. The number of likely N-dealkylation sites (tertiary alicyclic amines) is 1. The van der Waals surface area contributed by atoms with Gasteiger partial charge in [0.2, 0.25) is 5.91 Å². The molecule has 5 heteroatoms. The van der Waals surface area contributed by atoms with Crippen LogP contribution in [0.3, 0.4) is 0 Å². The van der Waals surface area contributed by atoms with E-state index in [0.29, 0.717) is 12.6 Å². The Bertz CT molecular complexity index is 518. The van der Waals surface area contributed by atoms with Crippen LogP contribution in [-0.2, 0) is 20.8 Å². The highest BCUT2D eigenvalue weighted by molar-refractivity contribution is 5.78. The van der Waals surface area contributed by atoms with Gasteiger partial charge in [-0.3, -0.25) is 9.69 Å². The largest absolute Gasteiger partial charge is 0.378 e. The number of amides is 1. The van der Waals surface area contributed by atoms with Gasteiger partial charge in [0.1, 0.15) is 6.61 Å². The number of morpholine rings is 1. The molecular weight excluding hydrogens is 268 g/mol. The van der Waals surface area contributed by atoms with Crippen molar-refractivity contribution in [3.63, 3.8) is 0 Å². The van der Waals surface area contributed by atoms with Crippen LogP contribution < -0.4 is 0 Å². The average molecular weight is 288 g/mol. The van der Waals surface area contributed by atoms with Crippen molar-refractivity contribution in [3.05, 3.63) is 35.9 Å². The number of hydrogen-bond donors (Lipinski definition) is 0. The summed E-state index contributed by atoms with van der Waals surface area (Å²) in [6, 6.07) is 10.9. The standard InChI is InChI=1S/C16H20N2O3/c19-16-11-21-15-8-17(13-9-20-10-13)7-14(15)18(16)6-12-4-2-1-3-5-12/h1-5,13-15H,6-11H2/t14-,15-/m0/s1. The summed E-state index contributed by atoms with van der Waals surface area (Å²) in [5.74, 6) is 0.104. The Balaban J connectivity index is 1.50. The Morgan fingerprint density at radius 2 is 1.95 bits per heavy atom. The lowest BCUT2D eigenvalue weighted by molar-refractivity contribution is -0.153. The minimum atomic E-state index is 0.104. The summed E-state index contributed by atoms with van der Waals surface area (Å²) in [4.78, 5) is 16.7. The Labute approximate surface area is 124 Å². The van der Waals surface area contributed by atoms with E-state index in [0.717, 1.165) is 26.3 Å². The Kier molecular flexibility index (Phi) is 3.41. The molecule has 0 bridgehead atoms. The van der Waals surface area contributed by atoms with Crippen molar-refractivity contribution in [2.24, 2.45) is 0 Å². The summed E-state index contributed by atoms with van der Waals surface area (Å²) < 4.78 is 11.0. The van der Waals surface area contributed by atoms with Crippen LogP contribution in [0.5, 0.6) is 0 Å². The Morgan fingerprint density at radius 3 is 2.67 bits per heavy atom. The van der Waals surface area contributed by atoms with Gasteiger partial charge in [-0.15, -0.1) is 0 Å². The second kappa shape index (κ2) is 5.40. The van der Waals surface area contributed by atoms with Crippen molar-refractivity contribution < 1.29 is 14.3 Å². The number of hydrogen-bond acceptors (Lipinski definition) is 4. The zero-order valence-electron chi connectivity index (χ0n) is 12.0. The summed E-state index contributed by atoms with van der Waals surface area (Å²) in [5, 5.41) is 0. The Morgan fingerprint density at radius 1 is 1.14 bits per heavy atom. The molecule has 112 valence electrons. The molecule has 0 saturated carbocycles. The van der Waals surface area contributed by atoms with Gasteiger partial charge in [-0.05, 0) is 5.56 Å². The minimum Gasteiger partial charge on any atom is -0.378 e. The topological polar surface area (TPSA) is 42.0 Å². The molecule has 3 aliphatic heterocycles. The van der Waals surface area contributed by atoms with Gasteiger partial charge in [-0.1, -0.05) is 30.3 Å². The van der Waals surface area contributed by atoms with Crippen molar-refractivity contribution in [1.82, 2.24) is 9.80 Å². The molecule has 0 aromatic heterocycles. The molecule has 0 radical (unpaired) electrons. The number of ether oxygens (including phenoxy) is 2. The fraction of sp³-hybridized carbons (Fsp3) is 0.562. The van der Waals surface area contributed by atoms with E-state index in [1.807, 2.05) is 23.1 Å². The van der Waals surface area contributed by atoms with Gasteiger partial charge in [0.25, 0.3) is 0 Å². The normalized spacial score (nSPS) is 30.3. The molecule has 4 rings (SSSR count). The van der Waals surface area contributed by atoms with Crippen molar-refractivity contribution in [1.29, 1.82) is 0 Å². The molecule has 3 aliphatic rings. The Hall–Kier alpha value is -1.43. The zero-order chi connectivity index (χ0) is 14.2. The van der Waals surface area contributed by atoms with E-state index >= 15 is 0 Å². The molecule has 2 atom stereocenters. The predicted octanol–water partition coefficient (Wildman–Crippen LogP) is 0.497. The van der Waals surface area contributed by atoms with Crippen molar-refractivity contribution in [2.75, 3.05) is 32.9 Å². The molecule has 3 heterocycles. The number of benzene rings is 1. The molecule has 1 aromatic carbocycles. The first-order valence-corrected chi connectivity index (χ1v) is 7.58. The fourth-order valence-electron chi connectivity index (χ4n) is 3.41. The number of rotatable bonds is 3. The van der Waals surface area contributed by atoms with Gasteiger partial charge in [-0.25, -0.2) is 0 Å². The van der Waals surface area contributed by atoms with Gasteiger partial charge >= 0.3 is 0 Å².